The number of nitrogens with one attached hydrogen (secondary N) is 1. The molecule has 0 saturated carbocycles. The van der Waals surface area contributed by atoms with E-state index >= 15 is 0 Å². The number of hydrogen-bond donors (Lipinski definition) is 1. The summed E-state index contributed by atoms with van der Waals surface area (Å²) in [5.74, 6) is 0.484. The molecule has 1 heterocycles. The third kappa shape index (κ3) is 3.94. The second-order valence-corrected chi connectivity index (χ2v) is 5.38. The van der Waals surface area contributed by atoms with Crippen molar-refractivity contribution in [3.8, 4) is 0 Å². The Kier molecular flexibility index (Phi) is 4.93. The monoisotopic (exact) mass is 301 g/mol. The van der Waals surface area contributed by atoms with Crippen molar-refractivity contribution >= 4 is 11.4 Å². The van der Waals surface area contributed by atoms with Crippen LogP contribution in [0, 0.1) is 10.1 Å². The van der Waals surface area contributed by atoms with E-state index in [1.165, 1.54) is 28.5 Å². The van der Waals surface area contributed by atoms with Gasteiger partial charge in [-0.3, -0.25) is 14.9 Å². The zero-order valence-corrected chi connectivity index (χ0v) is 12.7. The van der Waals surface area contributed by atoms with Crippen LogP contribution in [-0.4, -0.2) is 16.0 Å². The van der Waals surface area contributed by atoms with Gasteiger partial charge in [-0.1, -0.05) is 26.0 Å². The van der Waals surface area contributed by atoms with Gasteiger partial charge in [0.1, 0.15) is 0 Å². The second-order valence-electron chi connectivity index (χ2n) is 5.38. The molecule has 0 spiro atoms. The summed E-state index contributed by atoms with van der Waals surface area (Å²) < 4.78 is 1.34. The lowest BCUT2D eigenvalue weighted by molar-refractivity contribution is -0.385. The Hall–Kier alpha value is -2.63. The van der Waals surface area contributed by atoms with Crippen molar-refractivity contribution in [2.45, 2.75) is 26.3 Å². The van der Waals surface area contributed by atoms with Crippen LogP contribution >= 0.6 is 0 Å². The van der Waals surface area contributed by atoms with Crippen LogP contribution in [0.25, 0.3) is 0 Å². The van der Waals surface area contributed by atoms with Crippen LogP contribution in [0.1, 0.15) is 25.3 Å². The predicted octanol–water partition coefficient (Wildman–Crippen LogP) is 2.99. The van der Waals surface area contributed by atoms with E-state index < -0.39 is 4.92 Å². The van der Waals surface area contributed by atoms with Gasteiger partial charge in [0.25, 0.3) is 11.2 Å². The highest BCUT2D eigenvalue weighted by Gasteiger charge is 2.07. The van der Waals surface area contributed by atoms with Crippen LogP contribution in [0.2, 0.25) is 0 Å². The fraction of sp³-hybridized carbons (Fsp3) is 0.312. The number of aromatic nitrogens is 1. The van der Waals surface area contributed by atoms with Crippen LogP contribution < -0.4 is 10.9 Å². The van der Waals surface area contributed by atoms with Gasteiger partial charge >= 0.3 is 0 Å². The summed E-state index contributed by atoms with van der Waals surface area (Å²) in [4.78, 5) is 21.9. The van der Waals surface area contributed by atoms with Gasteiger partial charge in [-0.2, -0.15) is 0 Å². The first-order valence-electron chi connectivity index (χ1n) is 7.16. The Labute approximate surface area is 128 Å². The van der Waals surface area contributed by atoms with E-state index in [4.69, 9.17) is 0 Å². The molecule has 1 aromatic heterocycles. The molecule has 1 aromatic carbocycles. The lowest BCUT2D eigenvalue weighted by Gasteiger charge is -2.10. The molecule has 0 saturated heterocycles. The van der Waals surface area contributed by atoms with Crippen LogP contribution in [0.4, 0.5) is 11.4 Å². The zero-order chi connectivity index (χ0) is 16.1. The summed E-state index contributed by atoms with van der Waals surface area (Å²) in [7, 11) is 0. The fourth-order valence-corrected chi connectivity index (χ4v) is 2.11. The molecule has 6 nitrogen and oxygen atoms in total. The zero-order valence-electron chi connectivity index (χ0n) is 12.7. The van der Waals surface area contributed by atoms with Crippen molar-refractivity contribution in [3.63, 3.8) is 0 Å². The number of hydrogen-bond acceptors (Lipinski definition) is 4. The molecule has 22 heavy (non-hydrogen) atoms. The average Bonchev–Trinajstić information content (AvgIpc) is 2.49. The Bertz CT molecular complexity index is 705. The van der Waals surface area contributed by atoms with Crippen LogP contribution in [0.3, 0.4) is 0 Å². The lowest BCUT2D eigenvalue weighted by atomic mass is 10.0. The van der Waals surface area contributed by atoms with E-state index in [1.54, 1.807) is 0 Å². The molecular formula is C16H19N3O3. The maximum absolute atomic E-state index is 11.7. The quantitative estimate of drug-likeness (QED) is 0.657. The van der Waals surface area contributed by atoms with Gasteiger partial charge in [0.2, 0.25) is 0 Å². The molecule has 0 aliphatic heterocycles. The first-order valence-corrected chi connectivity index (χ1v) is 7.16. The summed E-state index contributed by atoms with van der Waals surface area (Å²) in [5, 5.41) is 13.9. The van der Waals surface area contributed by atoms with E-state index in [1.807, 2.05) is 12.1 Å². The van der Waals surface area contributed by atoms with Crippen LogP contribution in [-0.2, 0) is 6.54 Å². The van der Waals surface area contributed by atoms with Gasteiger partial charge < -0.3 is 9.88 Å². The summed E-state index contributed by atoms with van der Waals surface area (Å²) in [5.41, 5.74) is 1.90. The fourth-order valence-electron chi connectivity index (χ4n) is 2.11. The van der Waals surface area contributed by atoms with Gasteiger partial charge in [0, 0.05) is 30.9 Å². The highest BCUT2D eigenvalue weighted by molar-refractivity contribution is 5.45. The van der Waals surface area contributed by atoms with Crippen LogP contribution in [0.5, 0.6) is 0 Å². The molecule has 2 rings (SSSR count). The van der Waals surface area contributed by atoms with Gasteiger partial charge in [0.05, 0.1) is 11.1 Å². The summed E-state index contributed by atoms with van der Waals surface area (Å²) >= 11 is 0. The Morgan fingerprint density at radius 2 is 1.86 bits per heavy atom. The third-order valence-corrected chi connectivity index (χ3v) is 3.44. The minimum absolute atomic E-state index is 0.0825. The molecule has 0 fully saturated rings. The Morgan fingerprint density at radius 1 is 1.18 bits per heavy atom. The molecule has 0 unspecified atom stereocenters. The Balaban J connectivity index is 1.97. The molecule has 1 N–H and O–H groups in total. The van der Waals surface area contributed by atoms with Gasteiger partial charge in [-0.05, 0) is 23.6 Å². The molecule has 116 valence electrons. The van der Waals surface area contributed by atoms with E-state index in [2.05, 4.69) is 31.3 Å². The van der Waals surface area contributed by atoms with E-state index in [9.17, 15) is 14.9 Å². The number of benzene rings is 1. The minimum atomic E-state index is -0.506. The summed E-state index contributed by atoms with van der Waals surface area (Å²) in [6.07, 6.45) is 1.27. The highest BCUT2D eigenvalue weighted by atomic mass is 16.6. The van der Waals surface area contributed by atoms with Gasteiger partial charge in [-0.15, -0.1) is 0 Å². The number of anilines is 1. The normalized spacial score (nSPS) is 10.7. The largest absolute Gasteiger partial charge is 0.383 e. The van der Waals surface area contributed by atoms with E-state index in [-0.39, 0.29) is 11.2 Å². The average molecular weight is 301 g/mol. The van der Waals surface area contributed by atoms with E-state index in [0.717, 1.165) is 5.69 Å². The van der Waals surface area contributed by atoms with Crippen molar-refractivity contribution in [2.24, 2.45) is 0 Å². The Morgan fingerprint density at radius 3 is 2.45 bits per heavy atom. The van der Waals surface area contributed by atoms with E-state index in [0.29, 0.717) is 19.0 Å². The first kappa shape index (κ1) is 15.8. The topological polar surface area (TPSA) is 77.2 Å². The molecule has 0 bridgehead atoms. The summed E-state index contributed by atoms with van der Waals surface area (Å²) in [6.45, 7) is 5.16. The molecule has 0 aliphatic rings. The number of pyridine rings is 1. The number of rotatable bonds is 6. The molecule has 0 aliphatic carbocycles. The predicted molar refractivity (Wildman–Crippen MR) is 86.4 cm³/mol. The minimum Gasteiger partial charge on any atom is -0.383 e. The molecule has 6 heteroatoms. The third-order valence-electron chi connectivity index (χ3n) is 3.44. The SMILES string of the molecule is CC(C)c1ccc(NCCn2cc([N+](=O)[O-])ccc2=O)cc1. The molecule has 2 aromatic rings. The molecule has 0 radical (unpaired) electrons. The van der Waals surface area contributed by atoms with Crippen molar-refractivity contribution in [3.05, 3.63) is 68.6 Å². The second kappa shape index (κ2) is 6.89. The molecule has 0 amide bonds. The molecular weight excluding hydrogens is 282 g/mol. The standard InChI is InChI=1S/C16H19N3O3/c1-12(2)13-3-5-14(6-4-13)17-9-10-18-11-15(19(21)22)7-8-16(18)20/h3-8,11-12,17H,9-10H2,1-2H3. The molecule has 0 atom stereocenters. The number of nitrogens with zero attached hydrogens (tertiary/aromatic N) is 2. The van der Waals surface area contributed by atoms with Gasteiger partial charge in [-0.25, -0.2) is 0 Å². The maximum Gasteiger partial charge on any atom is 0.285 e. The van der Waals surface area contributed by atoms with Crippen molar-refractivity contribution in [1.29, 1.82) is 0 Å². The lowest BCUT2D eigenvalue weighted by Crippen LogP contribution is -2.22. The smallest absolute Gasteiger partial charge is 0.285 e. The first-order chi connectivity index (χ1) is 10.5. The van der Waals surface area contributed by atoms with Crippen LogP contribution in [0.15, 0.2) is 47.4 Å². The van der Waals surface area contributed by atoms with Crippen molar-refractivity contribution < 1.29 is 4.92 Å². The highest BCUT2D eigenvalue weighted by Crippen LogP contribution is 2.16. The summed E-state index contributed by atoms with van der Waals surface area (Å²) in [6, 6.07) is 10.5. The van der Waals surface area contributed by atoms with Crippen molar-refractivity contribution in [1.82, 2.24) is 4.57 Å². The maximum atomic E-state index is 11.7. The van der Waals surface area contributed by atoms with Crippen molar-refractivity contribution in [2.75, 3.05) is 11.9 Å². The number of nitro groups is 1. The van der Waals surface area contributed by atoms with Gasteiger partial charge in [0.15, 0.2) is 0 Å².